The first-order chi connectivity index (χ1) is 14.1. The van der Waals surface area contributed by atoms with Gasteiger partial charge < -0.3 is 15.0 Å². The number of fused-ring (bicyclic) bond motifs is 1. The van der Waals surface area contributed by atoms with Crippen molar-refractivity contribution in [3.63, 3.8) is 0 Å². The fourth-order valence-electron chi connectivity index (χ4n) is 3.81. The van der Waals surface area contributed by atoms with Crippen molar-refractivity contribution in [1.82, 2.24) is 25.0 Å². The Morgan fingerprint density at radius 1 is 1.30 bits per heavy atom. The first-order valence-electron chi connectivity index (χ1n) is 10.7. The molecule has 0 aromatic carbocycles. The minimum Gasteiger partial charge on any atom is -0.444 e. The van der Waals surface area contributed by atoms with Crippen LogP contribution in [0.4, 0.5) is 4.79 Å². The Labute approximate surface area is 178 Å². The van der Waals surface area contributed by atoms with Gasteiger partial charge in [0.15, 0.2) is 5.65 Å². The zero-order valence-electron chi connectivity index (χ0n) is 18.9. The Bertz CT molecular complexity index is 929. The van der Waals surface area contributed by atoms with E-state index >= 15 is 0 Å². The second kappa shape index (κ2) is 8.62. The molecule has 3 rings (SSSR count). The minimum absolute atomic E-state index is 0.0464. The molecule has 0 aliphatic carbocycles. The monoisotopic (exact) mass is 415 g/mol. The standard InChI is InChI=1S/C22H33N5O3/c1-14(2)27-19-16(12-24-27)11-18(15(3)25-19)20(28)26-10-8-7-9-17(26)13-23-21(29)30-22(4,5)6/h11-12,14,17H,7-10,13H2,1-6H3,(H,23,29). The smallest absolute Gasteiger partial charge is 0.407 e. The van der Waals surface area contributed by atoms with Gasteiger partial charge in [0.2, 0.25) is 0 Å². The number of aryl methyl sites for hydroxylation is 1. The Hall–Kier alpha value is -2.64. The number of ether oxygens (including phenoxy) is 1. The highest BCUT2D eigenvalue weighted by Crippen LogP contribution is 2.24. The maximum absolute atomic E-state index is 13.4. The third kappa shape index (κ3) is 4.91. The summed E-state index contributed by atoms with van der Waals surface area (Å²) in [6.45, 7) is 12.5. The van der Waals surface area contributed by atoms with E-state index in [-0.39, 0.29) is 18.0 Å². The van der Waals surface area contributed by atoms with Gasteiger partial charge in [-0.15, -0.1) is 0 Å². The molecule has 2 amide bonds. The van der Waals surface area contributed by atoms with Gasteiger partial charge in [0, 0.05) is 30.6 Å². The number of amides is 2. The number of carbonyl (C=O) groups excluding carboxylic acids is 2. The third-order valence-corrected chi connectivity index (χ3v) is 5.25. The van der Waals surface area contributed by atoms with Gasteiger partial charge in [-0.3, -0.25) is 4.79 Å². The number of piperidine rings is 1. The average molecular weight is 416 g/mol. The first kappa shape index (κ1) is 22.1. The molecule has 1 atom stereocenters. The van der Waals surface area contributed by atoms with Gasteiger partial charge in [0.1, 0.15) is 5.60 Å². The number of hydrogen-bond donors (Lipinski definition) is 1. The summed E-state index contributed by atoms with van der Waals surface area (Å²) in [6, 6.07) is 2.02. The summed E-state index contributed by atoms with van der Waals surface area (Å²) in [5.41, 5.74) is 1.53. The lowest BCUT2D eigenvalue weighted by atomic mass is 10.00. The third-order valence-electron chi connectivity index (χ3n) is 5.25. The molecule has 1 aliphatic heterocycles. The maximum atomic E-state index is 13.4. The van der Waals surface area contributed by atoms with E-state index in [0.717, 1.165) is 30.3 Å². The van der Waals surface area contributed by atoms with Crippen molar-refractivity contribution < 1.29 is 14.3 Å². The Morgan fingerprint density at radius 3 is 2.70 bits per heavy atom. The first-order valence-corrected chi connectivity index (χ1v) is 10.7. The number of pyridine rings is 1. The lowest BCUT2D eigenvalue weighted by molar-refractivity contribution is 0.0462. The second-order valence-electron chi connectivity index (χ2n) is 9.25. The number of likely N-dealkylation sites (tertiary alicyclic amines) is 1. The van der Waals surface area contributed by atoms with E-state index in [9.17, 15) is 9.59 Å². The Balaban J connectivity index is 1.78. The van der Waals surface area contributed by atoms with Crippen LogP contribution in [-0.2, 0) is 4.74 Å². The van der Waals surface area contributed by atoms with Crippen molar-refractivity contribution in [2.75, 3.05) is 13.1 Å². The van der Waals surface area contributed by atoms with Gasteiger partial charge in [0.05, 0.1) is 17.5 Å². The highest BCUT2D eigenvalue weighted by molar-refractivity contribution is 5.98. The minimum atomic E-state index is -0.551. The molecule has 1 saturated heterocycles. The SMILES string of the molecule is Cc1nc2c(cnn2C(C)C)cc1C(=O)N1CCCCC1CNC(=O)OC(C)(C)C. The molecule has 2 aromatic rings. The molecule has 1 N–H and O–H groups in total. The second-order valence-corrected chi connectivity index (χ2v) is 9.25. The largest absolute Gasteiger partial charge is 0.444 e. The molecule has 8 heteroatoms. The van der Waals surface area contributed by atoms with Crippen molar-refractivity contribution >= 4 is 23.0 Å². The van der Waals surface area contributed by atoms with Gasteiger partial charge in [0.25, 0.3) is 5.91 Å². The number of alkyl carbamates (subject to hydrolysis) is 1. The van der Waals surface area contributed by atoms with Crippen molar-refractivity contribution in [3.8, 4) is 0 Å². The van der Waals surface area contributed by atoms with Crippen LogP contribution in [0.3, 0.4) is 0 Å². The molecule has 2 aromatic heterocycles. The molecule has 30 heavy (non-hydrogen) atoms. The molecule has 1 aliphatic rings. The van der Waals surface area contributed by atoms with Crippen LogP contribution in [0.5, 0.6) is 0 Å². The number of nitrogens with one attached hydrogen (secondary N) is 1. The van der Waals surface area contributed by atoms with E-state index in [1.807, 2.05) is 43.3 Å². The number of nitrogens with zero attached hydrogens (tertiary/aromatic N) is 4. The molecule has 8 nitrogen and oxygen atoms in total. The molecule has 0 radical (unpaired) electrons. The molecule has 0 spiro atoms. The predicted octanol–water partition coefficient (Wildman–Crippen LogP) is 3.84. The molecule has 0 bridgehead atoms. The van der Waals surface area contributed by atoms with Gasteiger partial charge in [-0.2, -0.15) is 5.10 Å². The van der Waals surface area contributed by atoms with E-state index in [4.69, 9.17) is 4.74 Å². The Morgan fingerprint density at radius 2 is 2.03 bits per heavy atom. The van der Waals surface area contributed by atoms with Crippen LogP contribution in [0.25, 0.3) is 11.0 Å². The number of rotatable bonds is 4. The summed E-state index contributed by atoms with van der Waals surface area (Å²) >= 11 is 0. The quantitative estimate of drug-likeness (QED) is 0.819. The summed E-state index contributed by atoms with van der Waals surface area (Å²) in [4.78, 5) is 32.0. The summed E-state index contributed by atoms with van der Waals surface area (Å²) < 4.78 is 7.19. The zero-order chi connectivity index (χ0) is 22.1. The lowest BCUT2D eigenvalue weighted by Gasteiger charge is -2.36. The van der Waals surface area contributed by atoms with Crippen LogP contribution in [0, 0.1) is 6.92 Å². The van der Waals surface area contributed by atoms with Crippen molar-refractivity contribution in [1.29, 1.82) is 0 Å². The van der Waals surface area contributed by atoms with Crippen molar-refractivity contribution in [2.45, 2.75) is 78.5 Å². The molecule has 1 unspecified atom stereocenters. The van der Waals surface area contributed by atoms with E-state index in [0.29, 0.717) is 24.3 Å². The molecule has 1 fully saturated rings. The molecule has 0 saturated carbocycles. The topological polar surface area (TPSA) is 89.4 Å². The van der Waals surface area contributed by atoms with Crippen LogP contribution in [0.1, 0.15) is 76.0 Å². The predicted molar refractivity (Wildman–Crippen MR) is 116 cm³/mol. The normalized spacial score (nSPS) is 17.4. The van der Waals surface area contributed by atoms with Crippen LogP contribution in [0.2, 0.25) is 0 Å². The average Bonchev–Trinajstić information content (AvgIpc) is 3.07. The van der Waals surface area contributed by atoms with Crippen LogP contribution in [-0.4, -0.2) is 56.4 Å². The summed E-state index contributed by atoms with van der Waals surface area (Å²) in [6.07, 6.45) is 4.13. The Kier molecular flexibility index (Phi) is 6.33. The zero-order valence-corrected chi connectivity index (χ0v) is 18.9. The van der Waals surface area contributed by atoms with Crippen LogP contribution < -0.4 is 5.32 Å². The van der Waals surface area contributed by atoms with Crippen molar-refractivity contribution in [2.24, 2.45) is 0 Å². The van der Waals surface area contributed by atoms with E-state index < -0.39 is 11.7 Å². The highest BCUT2D eigenvalue weighted by Gasteiger charge is 2.30. The summed E-state index contributed by atoms with van der Waals surface area (Å²) in [7, 11) is 0. The van der Waals surface area contributed by atoms with E-state index in [1.165, 1.54) is 0 Å². The highest BCUT2D eigenvalue weighted by atomic mass is 16.6. The van der Waals surface area contributed by atoms with Gasteiger partial charge in [-0.1, -0.05) is 0 Å². The van der Waals surface area contributed by atoms with Crippen LogP contribution in [0.15, 0.2) is 12.3 Å². The molecule has 164 valence electrons. The summed E-state index contributed by atoms with van der Waals surface area (Å²) in [5, 5.41) is 8.09. The number of hydrogen-bond acceptors (Lipinski definition) is 5. The molecule has 3 heterocycles. The fraction of sp³-hybridized carbons (Fsp3) is 0.636. The maximum Gasteiger partial charge on any atom is 0.407 e. The molecular formula is C22H33N5O3. The van der Waals surface area contributed by atoms with Crippen LogP contribution >= 0.6 is 0 Å². The van der Waals surface area contributed by atoms with E-state index in [2.05, 4.69) is 29.2 Å². The van der Waals surface area contributed by atoms with Crippen molar-refractivity contribution in [3.05, 3.63) is 23.5 Å². The number of aromatic nitrogens is 3. The van der Waals surface area contributed by atoms with E-state index in [1.54, 1.807) is 6.20 Å². The van der Waals surface area contributed by atoms with Gasteiger partial charge in [-0.25, -0.2) is 14.5 Å². The fourth-order valence-corrected chi connectivity index (χ4v) is 3.81. The van der Waals surface area contributed by atoms with Gasteiger partial charge in [-0.05, 0) is 66.9 Å². The number of carbonyl (C=O) groups is 2. The molecular weight excluding hydrogens is 382 g/mol. The summed E-state index contributed by atoms with van der Waals surface area (Å²) in [5.74, 6) is -0.0464. The lowest BCUT2D eigenvalue weighted by Crippen LogP contribution is -2.50. The van der Waals surface area contributed by atoms with Gasteiger partial charge >= 0.3 is 6.09 Å².